The van der Waals surface area contributed by atoms with Gasteiger partial charge in [-0.05, 0) is 25.0 Å². The summed E-state index contributed by atoms with van der Waals surface area (Å²) in [6, 6.07) is 0. The van der Waals surface area contributed by atoms with Crippen LogP contribution in [0.1, 0.15) is 33.6 Å². The Morgan fingerprint density at radius 3 is 2.38 bits per heavy atom. The summed E-state index contributed by atoms with van der Waals surface area (Å²) in [4.78, 5) is 11.4. The third-order valence-corrected chi connectivity index (χ3v) is 3.72. The summed E-state index contributed by atoms with van der Waals surface area (Å²) in [5, 5.41) is -0.254. The van der Waals surface area contributed by atoms with Gasteiger partial charge >= 0.3 is 5.97 Å². The molecule has 1 unspecified atom stereocenters. The highest BCUT2D eigenvalue weighted by Gasteiger charge is 2.24. The second-order valence-electron chi connectivity index (χ2n) is 4.23. The Hall–Kier alpha value is -0.320. The maximum absolute atomic E-state index is 12.5. The van der Waals surface area contributed by atoms with Crippen molar-refractivity contribution in [3.8, 4) is 0 Å². The first-order valence-corrected chi connectivity index (χ1v) is 6.40. The normalized spacial score (nSPS) is 13.9. The van der Waals surface area contributed by atoms with Gasteiger partial charge in [0.15, 0.2) is 0 Å². The van der Waals surface area contributed by atoms with Crippen LogP contribution < -0.4 is 0 Å². The standard InChI is InChI=1S/C11H20F2O2S/c1-8(2)9(10(14)15-4)16-7-5-6-11(3,12)13/h8-9H,5-7H2,1-4H3. The van der Waals surface area contributed by atoms with E-state index in [0.717, 1.165) is 6.92 Å². The lowest BCUT2D eigenvalue weighted by atomic mass is 10.1. The van der Waals surface area contributed by atoms with Gasteiger partial charge in [0.25, 0.3) is 0 Å². The van der Waals surface area contributed by atoms with Crippen LogP contribution in [0.3, 0.4) is 0 Å². The number of esters is 1. The molecule has 0 heterocycles. The molecule has 0 amide bonds. The molecule has 0 fully saturated rings. The zero-order chi connectivity index (χ0) is 12.8. The van der Waals surface area contributed by atoms with Crippen LogP contribution in [0, 0.1) is 5.92 Å². The SMILES string of the molecule is COC(=O)C(SCCCC(C)(F)F)C(C)C. The molecule has 0 saturated carbocycles. The van der Waals surface area contributed by atoms with Gasteiger partial charge in [-0.1, -0.05) is 13.8 Å². The maximum Gasteiger partial charge on any atom is 0.319 e. The molecular formula is C11H20F2O2S. The average molecular weight is 254 g/mol. The molecule has 0 N–H and O–H groups in total. The Kier molecular flexibility index (Phi) is 6.95. The van der Waals surface area contributed by atoms with Crippen LogP contribution in [-0.2, 0) is 9.53 Å². The molecule has 2 nitrogen and oxygen atoms in total. The van der Waals surface area contributed by atoms with Gasteiger partial charge in [0, 0.05) is 6.42 Å². The van der Waals surface area contributed by atoms with E-state index in [1.807, 2.05) is 13.8 Å². The lowest BCUT2D eigenvalue weighted by Gasteiger charge is -2.18. The number of methoxy groups -OCH3 is 1. The summed E-state index contributed by atoms with van der Waals surface area (Å²) in [5.41, 5.74) is 0. The molecule has 0 bridgehead atoms. The molecule has 0 aromatic heterocycles. The zero-order valence-corrected chi connectivity index (χ0v) is 11.1. The highest BCUT2D eigenvalue weighted by molar-refractivity contribution is 8.00. The molecule has 5 heteroatoms. The molecule has 0 aromatic rings. The number of alkyl halides is 2. The summed E-state index contributed by atoms with van der Waals surface area (Å²) in [6.07, 6.45) is 0.278. The number of thioether (sulfide) groups is 1. The van der Waals surface area contributed by atoms with E-state index >= 15 is 0 Å². The first-order valence-electron chi connectivity index (χ1n) is 5.35. The fourth-order valence-corrected chi connectivity index (χ4v) is 2.42. The van der Waals surface area contributed by atoms with Crippen LogP contribution in [0.4, 0.5) is 8.78 Å². The Labute approximate surface area is 100 Å². The van der Waals surface area contributed by atoms with E-state index in [-0.39, 0.29) is 23.6 Å². The van der Waals surface area contributed by atoms with Gasteiger partial charge < -0.3 is 4.74 Å². The van der Waals surface area contributed by atoms with Crippen molar-refractivity contribution in [2.24, 2.45) is 5.92 Å². The van der Waals surface area contributed by atoms with Gasteiger partial charge in [-0.2, -0.15) is 0 Å². The molecule has 0 rings (SSSR count). The van der Waals surface area contributed by atoms with Crippen molar-refractivity contribution in [3.63, 3.8) is 0 Å². The highest BCUT2D eigenvalue weighted by atomic mass is 32.2. The number of hydrogen-bond acceptors (Lipinski definition) is 3. The number of ether oxygens (including phenoxy) is 1. The van der Waals surface area contributed by atoms with Gasteiger partial charge in [0.1, 0.15) is 5.25 Å². The Bertz CT molecular complexity index is 215. The average Bonchev–Trinajstić information content (AvgIpc) is 2.14. The zero-order valence-electron chi connectivity index (χ0n) is 10.3. The van der Waals surface area contributed by atoms with Crippen LogP contribution in [0.2, 0.25) is 0 Å². The van der Waals surface area contributed by atoms with Crippen LogP contribution in [0.15, 0.2) is 0 Å². The largest absolute Gasteiger partial charge is 0.468 e. The van der Waals surface area contributed by atoms with E-state index in [0.29, 0.717) is 12.2 Å². The number of halogens is 2. The third kappa shape index (κ3) is 7.04. The minimum atomic E-state index is -2.61. The van der Waals surface area contributed by atoms with Crippen molar-refractivity contribution < 1.29 is 18.3 Å². The summed E-state index contributed by atoms with van der Waals surface area (Å²) in [5.74, 6) is -2.18. The van der Waals surface area contributed by atoms with Gasteiger partial charge in [0.05, 0.1) is 7.11 Å². The molecule has 1 atom stereocenters. The topological polar surface area (TPSA) is 26.3 Å². The van der Waals surface area contributed by atoms with Crippen molar-refractivity contribution in [3.05, 3.63) is 0 Å². The highest BCUT2D eigenvalue weighted by Crippen LogP contribution is 2.25. The monoisotopic (exact) mass is 254 g/mol. The first kappa shape index (κ1) is 15.7. The Balaban J connectivity index is 3.91. The Morgan fingerprint density at radius 2 is 2.00 bits per heavy atom. The molecule has 0 aliphatic rings. The van der Waals surface area contributed by atoms with E-state index < -0.39 is 5.92 Å². The fourth-order valence-electron chi connectivity index (χ4n) is 1.24. The van der Waals surface area contributed by atoms with E-state index in [4.69, 9.17) is 0 Å². The third-order valence-electron chi connectivity index (χ3n) is 2.10. The fraction of sp³-hybridized carbons (Fsp3) is 0.909. The van der Waals surface area contributed by atoms with E-state index in [9.17, 15) is 13.6 Å². The molecule has 0 aromatic carbocycles. The molecule has 0 spiro atoms. The van der Waals surface area contributed by atoms with E-state index in [2.05, 4.69) is 4.74 Å². The van der Waals surface area contributed by atoms with Gasteiger partial charge in [-0.15, -0.1) is 11.8 Å². The molecule has 0 radical (unpaired) electrons. The molecule has 96 valence electrons. The van der Waals surface area contributed by atoms with Crippen molar-refractivity contribution in [2.45, 2.75) is 44.8 Å². The van der Waals surface area contributed by atoms with Crippen LogP contribution in [0.5, 0.6) is 0 Å². The second-order valence-corrected chi connectivity index (χ2v) is 5.48. The number of hydrogen-bond donors (Lipinski definition) is 0. The molecule has 16 heavy (non-hydrogen) atoms. The van der Waals surface area contributed by atoms with Crippen LogP contribution in [-0.4, -0.2) is 30.0 Å². The summed E-state index contributed by atoms with van der Waals surface area (Å²) >= 11 is 1.40. The predicted octanol–water partition coefficient (Wildman–Crippen LogP) is 3.35. The summed E-state index contributed by atoms with van der Waals surface area (Å²) in [6.45, 7) is 4.75. The Morgan fingerprint density at radius 1 is 1.44 bits per heavy atom. The predicted molar refractivity (Wildman–Crippen MR) is 63.0 cm³/mol. The van der Waals surface area contributed by atoms with Gasteiger partial charge in [0.2, 0.25) is 5.92 Å². The van der Waals surface area contributed by atoms with Crippen LogP contribution >= 0.6 is 11.8 Å². The van der Waals surface area contributed by atoms with E-state index in [1.165, 1.54) is 18.9 Å². The summed E-state index contributed by atoms with van der Waals surface area (Å²) < 4.78 is 29.7. The van der Waals surface area contributed by atoms with E-state index in [1.54, 1.807) is 0 Å². The molecule has 0 aliphatic heterocycles. The quantitative estimate of drug-likeness (QED) is 0.515. The van der Waals surface area contributed by atoms with Crippen molar-refractivity contribution in [1.29, 1.82) is 0 Å². The molecule has 0 saturated heterocycles. The minimum Gasteiger partial charge on any atom is -0.468 e. The van der Waals surface area contributed by atoms with Crippen LogP contribution in [0.25, 0.3) is 0 Å². The van der Waals surface area contributed by atoms with Gasteiger partial charge in [-0.3, -0.25) is 4.79 Å². The minimum absolute atomic E-state index is 0.133. The molecular weight excluding hydrogens is 234 g/mol. The lowest BCUT2D eigenvalue weighted by Crippen LogP contribution is -2.25. The van der Waals surface area contributed by atoms with Crippen molar-refractivity contribution in [2.75, 3.05) is 12.9 Å². The number of carbonyl (C=O) groups is 1. The summed E-state index contributed by atoms with van der Waals surface area (Å²) in [7, 11) is 1.35. The maximum atomic E-state index is 12.5. The molecule has 0 aliphatic carbocycles. The number of carbonyl (C=O) groups excluding carboxylic acids is 1. The number of rotatable bonds is 7. The smallest absolute Gasteiger partial charge is 0.319 e. The first-order chi connectivity index (χ1) is 7.28. The van der Waals surface area contributed by atoms with Gasteiger partial charge in [-0.25, -0.2) is 8.78 Å². The van der Waals surface area contributed by atoms with Crippen molar-refractivity contribution in [1.82, 2.24) is 0 Å². The lowest BCUT2D eigenvalue weighted by molar-refractivity contribution is -0.140. The second kappa shape index (κ2) is 7.09. The van der Waals surface area contributed by atoms with Crippen molar-refractivity contribution >= 4 is 17.7 Å².